The van der Waals surface area contributed by atoms with E-state index >= 15 is 0 Å². The monoisotopic (exact) mass is 216 g/mol. The molecule has 0 N–H and O–H groups in total. The number of aldehydes is 1. The molecule has 0 radical (unpaired) electrons. The number of hydrogen-bond acceptors (Lipinski definition) is 1. The van der Waals surface area contributed by atoms with E-state index in [2.05, 4.69) is 19.9 Å². The van der Waals surface area contributed by atoms with E-state index in [9.17, 15) is 4.79 Å². The van der Waals surface area contributed by atoms with Crippen molar-refractivity contribution < 1.29 is 4.79 Å². The molecule has 0 spiro atoms. The van der Waals surface area contributed by atoms with Crippen LogP contribution in [0.5, 0.6) is 0 Å². The Kier molecular flexibility index (Phi) is 3.42. The molecule has 0 amide bonds. The van der Waals surface area contributed by atoms with Gasteiger partial charge >= 0.3 is 0 Å². The Hall–Kier alpha value is -1.11. The van der Waals surface area contributed by atoms with Gasteiger partial charge in [0.25, 0.3) is 0 Å². The van der Waals surface area contributed by atoms with Gasteiger partial charge in [0.15, 0.2) is 0 Å². The fourth-order valence-electron chi connectivity index (χ4n) is 2.96. The lowest BCUT2D eigenvalue weighted by Crippen LogP contribution is -2.13. The van der Waals surface area contributed by atoms with Crippen LogP contribution < -0.4 is 0 Å². The molecular formula is C15H20O. The highest BCUT2D eigenvalue weighted by Crippen LogP contribution is 2.37. The van der Waals surface area contributed by atoms with Crippen molar-refractivity contribution in [2.75, 3.05) is 0 Å². The molecule has 1 nitrogen and oxygen atoms in total. The highest BCUT2D eigenvalue weighted by atomic mass is 16.1. The summed E-state index contributed by atoms with van der Waals surface area (Å²) in [5, 5.41) is 0. The zero-order valence-corrected chi connectivity index (χ0v) is 10.2. The fraction of sp³-hybridized carbons (Fsp3) is 0.533. The second kappa shape index (κ2) is 4.82. The van der Waals surface area contributed by atoms with E-state index < -0.39 is 0 Å². The van der Waals surface area contributed by atoms with Crippen LogP contribution in [-0.4, -0.2) is 6.29 Å². The van der Waals surface area contributed by atoms with Crippen molar-refractivity contribution in [3.8, 4) is 0 Å². The van der Waals surface area contributed by atoms with Crippen LogP contribution in [0.1, 0.15) is 60.0 Å². The molecule has 86 valence electrons. The van der Waals surface area contributed by atoms with Gasteiger partial charge in [-0.05, 0) is 42.7 Å². The summed E-state index contributed by atoms with van der Waals surface area (Å²) in [6.07, 6.45) is 6.24. The van der Waals surface area contributed by atoms with E-state index in [0.29, 0.717) is 5.92 Å². The standard InChI is InChI=1S/C15H20O/c1-11-5-3-6-13(9-11)15-8-4-7-14(10-16)12(15)2/h4,7-8,10-11,13H,3,5-6,9H2,1-2H3. The summed E-state index contributed by atoms with van der Waals surface area (Å²) in [4.78, 5) is 10.9. The first kappa shape index (κ1) is 11.4. The normalized spacial score (nSPS) is 25.4. The summed E-state index contributed by atoms with van der Waals surface area (Å²) < 4.78 is 0. The van der Waals surface area contributed by atoms with Crippen LogP contribution in [0, 0.1) is 12.8 Å². The number of carbonyl (C=O) groups excluding carboxylic acids is 1. The molecule has 0 bridgehead atoms. The number of rotatable bonds is 2. The average Bonchev–Trinajstić information content (AvgIpc) is 2.29. The highest BCUT2D eigenvalue weighted by Gasteiger charge is 2.22. The SMILES string of the molecule is Cc1c(C=O)cccc1C1CCCC(C)C1. The van der Waals surface area contributed by atoms with Gasteiger partial charge in [-0.25, -0.2) is 0 Å². The van der Waals surface area contributed by atoms with E-state index in [1.807, 2.05) is 12.1 Å². The van der Waals surface area contributed by atoms with Crippen LogP contribution in [0.15, 0.2) is 18.2 Å². The molecule has 0 saturated heterocycles. The lowest BCUT2D eigenvalue weighted by atomic mass is 9.77. The molecule has 1 aliphatic rings. The molecule has 1 fully saturated rings. The molecule has 1 aromatic rings. The fourth-order valence-corrected chi connectivity index (χ4v) is 2.96. The Balaban J connectivity index is 2.29. The lowest BCUT2D eigenvalue weighted by Gasteiger charge is -2.28. The quantitative estimate of drug-likeness (QED) is 0.680. The lowest BCUT2D eigenvalue weighted by molar-refractivity contribution is 0.112. The van der Waals surface area contributed by atoms with Crippen LogP contribution in [0.3, 0.4) is 0 Å². The molecule has 1 heteroatoms. The molecule has 2 unspecified atom stereocenters. The molecule has 1 aliphatic carbocycles. The van der Waals surface area contributed by atoms with Crippen LogP contribution >= 0.6 is 0 Å². The third-order valence-electron chi connectivity index (χ3n) is 3.92. The molecule has 2 rings (SSSR count). The zero-order valence-electron chi connectivity index (χ0n) is 10.2. The minimum atomic E-state index is 0.670. The Morgan fingerprint density at radius 1 is 1.31 bits per heavy atom. The van der Waals surface area contributed by atoms with Gasteiger partial charge in [-0.1, -0.05) is 38.0 Å². The van der Waals surface area contributed by atoms with Crippen molar-refractivity contribution in [3.05, 3.63) is 34.9 Å². The van der Waals surface area contributed by atoms with Gasteiger partial charge in [-0.15, -0.1) is 0 Å². The van der Waals surface area contributed by atoms with Crippen molar-refractivity contribution in [1.82, 2.24) is 0 Å². The zero-order chi connectivity index (χ0) is 11.5. The Labute approximate surface area is 97.9 Å². The second-order valence-corrected chi connectivity index (χ2v) is 5.15. The third kappa shape index (κ3) is 2.18. The molecule has 0 aliphatic heterocycles. The molecule has 16 heavy (non-hydrogen) atoms. The van der Waals surface area contributed by atoms with E-state index in [1.54, 1.807) is 0 Å². The maximum absolute atomic E-state index is 10.9. The van der Waals surface area contributed by atoms with Gasteiger partial charge in [0.2, 0.25) is 0 Å². The van der Waals surface area contributed by atoms with Crippen LogP contribution in [0.25, 0.3) is 0 Å². The first-order chi connectivity index (χ1) is 7.72. The summed E-state index contributed by atoms with van der Waals surface area (Å²) in [6, 6.07) is 6.13. The first-order valence-electron chi connectivity index (χ1n) is 6.27. The molecule has 1 saturated carbocycles. The van der Waals surface area contributed by atoms with Gasteiger partial charge in [-0.3, -0.25) is 4.79 Å². The van der Waals surface area contributed by atoms with Crippen LogP contribution in [0.4, 0.5) is 0 Å². The maximum Gasteiger partial charge on any atom is 0.150 e. The molecule has 2 atom stereocenters. The van der Waals surface area contributed by atoms with Crippen molar-refractivity contribution >= 4 is 6.29 Å². The summed E-state index contributed by atoms with van der Waals surface area (Å²) >= 11 is 0. The Morgan fingerprint density at radius 3 is 2.81 bits per heavy atom. The molecule has 0 heterocycles. The number of benzene rings is 1. The predicted molar refractivity (Wildman–Crippen MR) is 66.9 cm³/mol. The highest BCUT2D eigenvalue weighted by molar-refractivity contribution is 5.77. The average molecular weight is 216 g/mol. The molecule has 0 aromatic heterocycles. The van der Waals surface area contributed by atoms with E-state index in [4.69, 9.17) is 0 Å². The number of hydrogen-bond donors (Lipinski definition) is 0. The maximum atomic E-state index is 10.9. The number of carbonyl (C=O) groups is 1. The minimum absolute atomic E-state index is 0.670. The Bertz CT molecular complexity index is 381. The van der Waals surface area contributed by atoms with Crippen molar-refractivity contribution in [3.63, 3.8) is 0 Å². The van der Waals surface area contributed by atoms with Gasteiger partial charge in [0.05, 0.1) is 0 Å². The van der Waals surface area contributed by atoms with Crippen LogP contribution in [-0.2, 0) is 0 Å². The largest absolute Gasteiger partial charge is 0.298 e. The van der Waals surface area contributed by atoms with Crippen LogP contribution in [0.2, 0.25) is 0 Å². The van der Waals surface area contributed by atoms with Gasteiger partial charge < -0.3 is 0 Å². The summed E-state index contributed by atoms with van der Waals surface area (Å²) in [7, 11) is 0. The van der Waals surface area contributed by atoms with E-state index in [1.165, 1.54) is 36.8 Å². The third-order valence-corrected chi connectivity index (χ3v) is 3.92. The van der Waals surface area contributed by atoms with Gasteiger partial charge in [-0.2, -0.15) is 0 Å². The Morgan fingerprint density at radius 2 is 2.12 bits per heavy atom. The van der Waals surface area contributed by atoms with Crippen molar-refractivity contribution in [2.45, 2.75) is 45.4 Å². The molecular weight excluding hydrogens is 196 g/mol. The summed E-state index contributed by atoms with van der Waals surface area (Å²) in [6.45, 7) is 4.42. The topological polar surface area (TPSA) is 17.1 Å². The first-order valence-corrected chi connectivity index (χ1v) is 6.27. The summed E-state index contributed by atoms with van der Waals surface area (Å²) in [5.74, 6) is 1.50. The van der Waals surface area contributed by atoms with E-state index in [-0.39, 0.29) is 0 Å². The summed E-state index contributed by atoms with van der Waals surface area (Å²) in [5.41, 5.74) is 3.45. The van der Waals surface area contributed by atoms with E-state index in [0.717, 1.165) is 17.8 Å². The van der Waals surface area contributed by atoms with Crippen molar-refractivity contribution in [2.24, 2.45) is 5.92 Å². The predicted octanol–water partition coefficient (Wildman–Crippen LogP) is 4.10. The van der Waals surface area contributed by atoms with Crippen molar-refractivity contribution in [1.29, 1.82) is 0 Å². The molecule has 1 aromatic carbocycles. The van der Waals surface area contributed by atoms with Gasteiger partial charge in [0.1, 0.15) is 6.29 Å². The van der Waals surface area contributed by atoms with Gasteiger partial charge in [0, 0.05) is 5.56 Å². The second-order valence-electron chi connectivity index (χ2n) is 5.15. The minimum Gasteiger partial charge on any atom is -0.298 e. The smallest absolute Gasteiger partial charge is 0.150 e.